The van der Waals surface area contributed by atoms with Gasteiger partial charge in [-0.05, 0) is 31.2 Å². The first-order valence-electron chi connectivity index (χ1n) is 7.61. The molecule has 0 aliphatic heterocycles. The number of nitrogens with one attached hydrogen (secondary N) is 1. The SMILES string of the molecule is C=CN=C(CNCC)/C(C=C)=C(\C)SC1CCCCC1. The summed E-state index contributed by atoms with van der Waals surface area (Å²) >= 11 is 2.01. The Hall–Kier alpha value is -0.800. The minimum atomic E-state index is 0.766. The minimum Gasteiger partial charge on any atom is -0.311 e. The topological polar surface area (TPSA) is 24.4 Å². The van der Waals surface area contributed by atoms with E-state index in [1.165, 1.54) is 42.6 Å². The first-order chi connectivity index (χ1) is 9.72. The number of aliphatic imine (C=N–C) groups is 1. The Bertz CT molecular complexity index is 376. The van der Waals surface area contributed by atoms with Crippen LogP contribution in [0.4, 0.5) is 0 Å². The van der Waals surface area contributed by atoms with Crippen LogP contribution in [0.25, 0.3) is 0 Å². The second kappa shape index (κ2) is 10.0. The van der Waals surface area contributed by atoms with E-state index in [0.29, 0.717) is 0 Å². The monoisotopic (exact) mass is 292 g/mol. The van der Waals surface area contributed by atoms with Crippen LogP contribution in [-0.2, 0) is 0 Å². The molecular formula is C17H28N2S. The van der Waals surface area contributed by atoms with Gasteiger partial charge in [0, 0.05) is 23.6 Å². The van der Waals surface area contributed by atoms with Gasteiger partial charge in [-0.15, -0.1) is 11.8 Å². The maximum atomic E-state index is 4.42. The Labute approximate surface area is 128 Å². The van der Waals surface area contributed by atoms with Gasteiger partial charge in [-0.25, -0.2) is 0 Å². The quantitative estimate of drug-likeness (QED) is 0.518. The maximum absolute atomic E-state index is 4.42. The highest BCUT2D eigenvalue weighted by Gasteiger charge is 2.16. The molecule has 0 amide bonds. The summed E-state index contributed by atoms with van der Waals surface area (Å²) in [5.41, 5.74) is 2.21. The number of hydrogen-bond acceptors (Lipinski definition) is 3. The molecule has 1 aliphatic carbocycles. The molecule has 0 unspecified atom stereocenters. The van der Waals surface area contributed by atoms with Crippen molar-refractivity contribution < 1.29 is 0 Å². The van der Waals surface area contributed by atoms with Crippen LogP contribution in [-0.4, -0.2) is 24.1 Å². The molecule has 1 saturated carbocycles. The number of rotatable bonds is 8. The lowest BCUT2D eigenvalue weighted by Crippen LogP contribution is -2.24. The first kappa shape index (κ1) is 17.3. The highest BCUT2D eigenvalue weighted by molar-refractivity contribution is 8.03. The summed E-state index contributed by atoms with van der Waals surface area (Å²) in [5.74, 6) is 0. The van der Waals surface area contributed by atoms with Crippen molar-refractivity contribution in [2.24, 2.45) is 4.99 Å². The van der Waals surface area contributed by atoms with Crippen molar-refractivity contribution in [3.05, 3.63) is 35.9 Å². The number of hydrogen-bond donors (Lipinski definition) is 1. The molecule has 112 valence electrons. The Morgan fingerprint density at radius 2 is 2.00 bits per heavy atom. The van der Waals surface area contributed by atoms with Gasteiger partial charge in [-0.3, -0.25) is 4.99 Å². The van der Waals surface area contributed by atoms with Crippen molar-refractivity contribution in [1.29, 1.82) is 0 Å². The van der Waals surface area contributed by atoms with Gasteiger partial charge in [0.1, 0.15) is 0 Å². The van der Waals surface area contributed by atoms with E-state index >= 15 is 0 Å². The van der Waals surface area contributed by atoms with Gasteiger partial charge >= 0.3 is 0 Å². The van der Waals surface area contributed by atoms with E-state index in [1.807, 2.05) is 17.8 Å². The van der Waals surface area contributed by atoms with Crippen LogP contribution in [0, 0.1) is 0 Å². The highest BCUT2D eigenvalue weighted by Crippen LogP contribution is 2.34. The lowest BCUT2D eigenvalue weighted by atomic mass is 10.0. The van der Waals surface area contributed by atoms with E-state index in [4.69, 9.17) is 0 Å². The molecular weight excluding hydrogens is 264 g/mol. The average molecular weight is 292 g/mol. The molecule has 0 heterocycles. The summed E-state index contributed by atoms with van der Waals surface area (Å²) in [5, 5.41) is 4.10. The van der Waals surface area contributed by atoms with Crippen molar-refractivity contribution in [3.63, 3.8) is 0 Å². The molecule has 0 bridgehead atoms. The van der Waals surface area contributed by atoms with Crippen LogP contribution in [0.5, 0.6) is 0 Å². The Morgan fingerprint density at radius 1 is 1.30 bits per heavy atom. The Morgan fingerprint density at radius 3 is 2.55 bits per heavy atom. The zero-order valence-electron chi connectivity index (χ0n) is 13.0. The van der Waals surface area contributed by atoms with Crippen molar-refractivity contribution >= 4 is 17.5 Å². The minimum absolute atomic E-state index is 0.766. The van der Waals surface area contributed by atoms with Crippen LogP contribution < -0.4 is 5.32 Å². The third-order valence-corrected chi connectivity index (χ3v) is 4.96. The fraction of sp³-hybridized carbons (Fsp3) is 0.588. The van der Waals surface area contributed by atoms with Gasteiger partial charge in [0.15, 0.2) is 0 Å². The molecule has 0 saturated heterocycles. The summed E-state index contributed by atoms with van der Waals surface area (Å²) in [6, 6.07) is 0. The van der Waals surface area contributed by atoms with Gasteiger partial charge in [0.2, 0.25) is 0 Å². The van der Waals surface area contributed by atoms with Crippen LogP contribution in [0.3, 0.4) is 0 Å². The van der Waals surface area contributed by atoms with E-state index in [0.717, 1.165) is 24.1 Å². The molecule has 20 heavy (non-hydrogen) atoms. The summed E-state index contributed by atoms with van der Waals surface area (Å²) in [7, 11) is 0. The predicted molar refractivity (Wildman–Crippen MR) is 93.5 cm³/mol. The summed E-state index contributed by atoms with van der Waals surface area (Å²) in [6.45, 7) is 13.7. The summed E-state index contributed by atoms with van der Waals surface area (Å²) in [6.07, 6.45) is 10.4. The standard InChI is InChI=1S/C17H28N2S/c1-5-16(17(19-7-3)13-18-6-2)14(4)20-15-11-9-8-10-12-15/h5,7,15,18H,1,3,6,8-13H2,2,4H3/b16-14+,19-17?. The van der Waals surface area contributed by atoms with Crippen LogP contribution in [0.1, 0.15) is 46.0 Å². The van der Waals surface area contributed by atoms with E-state index in [1.54, 1.807) is 6.20 Å². The number of allylic oxidation sites excluding steroid dienone is 2. The van der Waals surface area contributed by atoms with Crippen molar-refractivity contribution in [2.45, 2.75) is 51.2 Å². The Kier molecular flexibility index (Phi) is 8.63. The Balaban J connectivity index is 2.81. The molecule has 1 N–H and O–H groups in total. The number of thioether (sulfide) groups is 1. The molecule has 0 atom stereocenters. The maximum Gasteiger partial charge on any atom is 0.0621 e. The van der Waals surface area contributed by atoms with Gasteiger partial charge < -0.3 is 5.32 Å². The fourth-order valence-electron chi connectivity index (χ4n) is 2.53. The normalized spacial score (nSPS) is 18.6. The van der Waals surface area contributed by atoms with E-state index < -0.39 is 0 Å². The number of nitrogens with zero attached hydrogens (tertiary/aromatic N) is 1. The molecule has 0 aromatic carbocycles. The van der Waals surface area contributed by atoms with E-state index in [2.05, 4.69) is 37.3 Å². The van der Waals surface area contributed by atoms with Crippen LogP contribution in [0.2, 0.25) is 0 Å². The molecule has 0 radical (unpaired) electrons. The summed E-state index contributed by atoms with van der Waals surface area (Å²) in [4.78, 5) is 5.76. The molecule has 1 rings (SSSR count). The molecule has 3 heteroatoms. The van der Waals surface area contributed by atoms with E-state index in [-0.39, 0.29) is 0 Å². The molecule has 2 nitrogen and oxygen atoms in total. The smallest absolute Gasteiger partial charge is 0.0621 e. The first-order valence-corrected chi connectivity index (χ1v) is 8.49. The highest BCUT2D eigenvalue weighted by atomic mass is 32.2. The summed E-state index contributed by atoms with van der Waals surface area (Å²) < 4.78 is 0. The third-order valence-electron chi connectivity index (χ3n) is 3.58. The van der Waals surface area contributed by atoms with Crippen LogP contribution in [0.15, 0.2) is 40.9 Å². The molecule has 1 fully saturated rings. The van der Waals surface area contributed by atoms with Gasteiger partial charge in [-0.2, -0.15) is 0 Å². The lowest BCUT2D eigenvalue weighted by Gasteiger charge is -2.22. The zero-order chi connectivity index (χ0) is 14.8. The van der Waals surface area contributed by atoms with E-state index in [9.17, 15) is 0 Å². The second-order valence-electron chi connectivity index (χ2n) is 5.09. The molecule has 0 aromatic rings. The van der Waals surface area contributed by atoms with Crippen LogP contribution >= 0.6 is 11.8 Å². The van der Waals surface area contributed by atoms with Gasteiger partial charge in [-0.1, -0.05) is 45.4 Å². The van der Waals surface area contributed by atoms with Gasteiger partial charge in [0.25, 0.3) is 0 Å². The fourth-order valence-corrected chi connectivity index (χ4v) is 3.92. The van der Waals surface area contributed by atoms with Crippen molar-refractivity contribution in [1.82, 2.24) is 5.32 Å². The largest absolute Gasteiger partial charge is 0.311 e. The average Bonchev–Trinajstić information content (AvgIpc) is 2.46. The predicted octanol–water partition coefficient (Wildman–Crippen LogP) is 4.71. The molecule has 0 aromatic heterocycles. The van der Waals surface area contributed by atoms with Gasteiger partial charge in [0.05, 0.1) is 5.71 Å². The molecule has 0 spiro atoms. The van der Waals surface area contributed by atoms with Crippen molar-refractivity contribution in [3.8, 4) is 0 Å². The second-order valence-corrected chi connectivity index (χ2v) is 6.61. The van der Waals surface area contributed by atoms with Crippen molar-refractivity contribution in [2.75, 3.05) is 13.1 Å². The third kappa shape index (κ3) is 5.68. The molecule has 1 aliphatic rings. The zero-order valence-corrected chi connectivity index (χ0v) is 13.8. The lowest BCUT2D eigenvalue weighted by molar-refractivity contribution is 0.516.